The Labute approximate surface area is 172 Å². The highest BCUT2D eigenvalue weighted by molar-refractivity contribution is 5.83. The summed E-state index contributed by atoms with van der Waals surface area (Å²) in [6.07, 6.45) is 0.644. The van der Waals surface area contributed by atoms with Crippen molar-refractivity contribution in [3.63, 3.8) is 0 Å². The molecule has 0 radical (unpaired) electrons. The van der Waals surface area contributed by atoms with Crippen molar-refractivity contribution in [1.82, 2.24) is 25.1 Å². The van der Waals surface area contributed by atoms with Crippen LogP contribution in [0.3, 0.4) is 0 Å². The number of aromatic amines is 1. The third-order valence-electron chi connectivity index (χ3n) is 4.34. The number of benzene rings is 1. The average molecular weight is 413 g/mol. The minimum Gasteiger partial charge on any atom is -0.453 e. The monoisotopic (exact) mass is 413 g/mol. The molecular weight excluding hydrogens is 390 g/mol. The van der Waals surface area contributed by atoms with Crippen molar-refractivity contribution in [2.45, 2.75) is 25.9 Å². The van der Waals surface area contributed by atoms with Gasteiger partial charge in [-0.1, -0.05) is 18.2 Å². The molecule has 0 saturated heterocycles. The van der Waals surface area contributed by atoms with E-state index in [1.807, 2.05) is 30.3 Å². The van der Waals surface area contributed by atoms with E-state index in [4.69, 9.17) is 9.47 Å². The lowest BCUT2D eigenvalue weighted by atomic mass is 10.2. The number of nitrogens with zero attached hydrogens (tertiary/aromatic N) is 3. The molecule has 30 heavy (non-hydrogen) atoms. The minimum absolute atomic E-state index is 0.0381. The van der Waals surface area contributed by atoms with Gasteiger partial charge in [0.05, 0.1) is 24.9 Å². The number of esters is 1. The molecule has 2 N–H and O–H groups in total. The summed E-state index contributed by atoms with van der Waals surface area (Å²) in [5, 5.41) is 7.19. The highest BCUT2D eigenvalue weighted by Gasteiger charge is 2.18. The first-order valence-corrected chi connectivity index (χ1v) is 9.48. The van der Waals surface area contributed by atoms with Crippen LogP contribution < -0.4 is 10.9 Å². The van der Waals surface area contributed by atoms with Crippen LogP contribution in [0.1, 0.15) is 19.2 Å². The Kier molecular flexibility index (Phi) is 6.91. The average Bonchev–Trinajstić information content (AvgIpc) is 3.17. The molecule has 0 unspecified atom stereocenters. The van der Waals surface area contributed by atoms with E-state index in [-0.39, 0.29) is 18.4 Å². The van der Waals surface area contributed by atoms with Crippen LogP contribution in [0.25, 0.3) is 16.7 Å². The van der Waals surface area contributed by atoms with E-state index in [1.165, 1.54) is 20.2 Å². The molecule has 0 aliphatic heterocycles. The fourth-order valence-electron chi connectivity index (χ4n) is 2.79. The van der Waals surface area contributed by atoms with E-state index >= 15 is 0 Å². The van der Waals surface area contributed by atoms with Crippen molar-refractivity contribution in [2.24, 2.45) is 0 Å². The second-order valence-electron chi connectivity index (χ2n) is 6.56. The fraction of sp³-hybridized carbons (Fsp3) is 0.350. The van der Waals surface area contributed by atoms with E-state index in [9.17, 15) is 14.4 Å². The van der Waals surface area contributed by atoms with Gasteiger partial charge in [-0.05, 0) is 19.1 Å². The Bertz CT molecular complexity index is 1080. The maximum absolute atomic E-state index is 12.4. The lowest BCUT2D eigenvalue weighted by molar-refractivity contribution is -0.154. The number of aromatic nitrogens is 4. The van der Waals surface area contributed by atoms with Gasteiger partial charge in [0.15, 0.2) is 11.8 Å². The first kappa shape index (κ1) is 21.2. The second-order valence-corrected chi connectivity index (χ2v) is 6.56. The van der Waals surface area contributed by atoms with Crippen LogP contribution in [-0.4, -0.2) is 58.0 Å². The zero-order valence-corrected chi connectivity index (χ0v) is 16.8. The van der Waals surface area contributed by atoms with Gasteiger partial charge in [-0.25, -0.2) is 9.67 Å². The van der Waals surface area contributed by atoms with Crippen molar-refractivity contribution in [3.8, 4) is 5.69 Å². The van der Waals surface area contributed by atoms with E-state index in [1.54, 1.807) is 4.68 Å². The predicted molar refractivity (Wildman–Crippen MR) is 108 cm³/mol. The molecule has 1 atom stereocenters. The molecule has 0 aliphatic carbocycles. The van der Waals surface area contributed by atoms with Gasteiger partial charge in [0, 0.05) is 20.1 Å². The van der Waals surface area contributed by atoms with Gasteiger partial charge in [0.2, 0.25) is 0 Å². The molecule has 2 heterocycles. The molecule has 0 fully saturated rings. The maximum Gasteiger partial charge on any atom is 0.307 e. The molecule has 158 valence electrons. The number of nitrogens with one attached hydrogen (secondary N) is 2. The summed E-state index contributed by atoms with van der Waals surface area (Å²) in [5.41, 5.74) is 0.833. The summed E-state index contributed by atoms with van der Waals surface area (Å²) in [4.78, 5) is 43.4. The summed E-state index contributed by atoms with van der Waals surface area (Å²) >= 11 is 0. The van der Waals surface area contributed by atoms with Crippen LogP contribution in [0.15, 0.2) is 41.3 Å². The molecule has 0 aliphatic rings. The summed E-state index contributed by atoms with van der Waals surface area (Å²) in [6.45, 7) is 2.19. The first-order chi connectivity index (χ1) is 14.5. The van der Waals surface area contributed by atoms with Gasteiger partial charge in [-0.15, -0.1) is 0 Å². The van der Waals surface area contributed by atoms with Gasteiger partial charge in [0.1, 0.15) is 11.2 Å². The third-order valence-corrected chi connectivity index (χ3v) is 4.34. The van der Waals surface area contributed by atoms with E-state index < -0.39 is 18.0 Å². The zero-order valence-electron chi connectivity index (χ0n) is 16.8. The summed E-state index contributed by atoms with van der Waals surface area (Å²) in [6, 6.07) is 9.31. The standard InChI is InChI=1S/C20H23N5O5/c1-13(19(27)21-10-11-29-2)30-17(26)9-8-16-23-18-15(20(28)24-16)12-22-25(18)14-6-4-3-5-7-14/h3-7,12-13H,8-11H2,1-2H3,(H,21,27)(H,23,24,28)/t13-/m0/s1. The van der Waals surface area contributed by atoms with Crippen LogP contribution >= 0.6 is 0 Å². The number of carbonyl (C=O) groups is 2. The summed E-state index contributed by atoms with van der Waals surface area (Å²) < 4.78 is 11.5. The van der Waals surface area contributed by atoms with E-state index in [0.29, 0.717) is 30.0 Å². The molecule has 0 spiro atoms. The molecule has 3 rings (SSSR count). The molecular formula is C20H23N5O5. The minimum atomic E-state index is -0.927. The number of ether oxygens (including phenoxy) is 2. The Morgan fingerprint density at radius 1 is 1.27 bits per heavy atom. The maximum atomic E-state index is 12.4. The molecule has 3 aromatic rings. The molecule has 10 nitrogen and oxygen atoms in total. The Hall–Kier alpha value is -3.53. The number of para-hydroxylation sites is 1. The topological polar surface area (TPSA) is 128 Å². The number of amides is 1. The zero-order chi connectivity index (χ0) is 21.5. The molecule has 1 amide bonds. The lowest BCUT2D eigenvalue weighted by Gasteiger charge is -2.13. The van der Waals surface area contributed by atoms with Gasteiger partial charge >= 0.3 is 5.97 Å². The molecule has 2 aromatic heterocycles. The Balaban J connectivity index is 1.65. The number of methoxy groups -OCH3 is 1. The summed E-state index contributed by atoms with van der Waals surface area (Å²) in [7, 11) is 1.53. The Morgan fingerprint density at radius 3 is 2.77 bits per heavy atom. The van der Waals surface area contributed by atoms with Crippen LogP contribution in [0.5, 0.6) is 0 Å². The van der Waals surface area contributed by atoms with Crippen molar-refractivity contribution in [2.75, 3.05) is 20.3 Å². The van der Waals surface area contributed by atoms with E-state index in [0.717, 1.165) is 5.69 Å². The van der Waals surface area contributed by atoms with Crippen LogP contribution in [0.4, 0.5) is 0 Å². The molecule has 0 saturated carbocycles. The van der Waals surface area contributed by atoms with Crippen molar-refractivity contribution < 1.29 is 19.1 Å². The highest BCUT2D eigenvalue weighted by atomic mass is 16.5. The van der Waals surface area contributed by atoms with Gasteiger partial charge < -0.3 is 19.8 Å². The quantitative estimate of drug-likeness (QED) is 0.391. The number of hydrogen-bond acceptors (Lipinski definition) is 7. The smallest absolute Gasteiger partial charge is 0.307 e. The second kappa shape index (κ2) is 9.79. The Morgan fingerprint density at radius 2 is 2.03 bits per heavy atom. The van der Waals surface area contributed by atoms with E-state index in [2.05, 4.69) is 20.4 Å². The molecule has 1 aromatic carbocycles. The number of rotatable bonds is 9. The van der Waals surface area contributed by atoms with Crippen LogP contribution in [0, 0.1) is 0 Å². The normalized spacial score (nSPS) is 11.9. The SMILES string of the molecule is COCCNC(=O)[C@H](C)OC(=O)CCc1nc2c(cnn2-c2ccccc2)c(=O)[nH]1. The van der Waals surface area contributed by atoms with Gasteiger partial charge in [0.25, 0.3) is 11.5 Å². The fourth-order valence-corrected chi connectivity index (χ4v) is 2.79. The number of fused-ring (bicyclic) bond motifs is 1. The first-order valence-electron chi connectivity index (χ1n) is 9.48. The molecule has 10 heteroatoms. The van der Waals surface area contributed by atoms with Gasteiger partial charge in [-0.3, -0.25) is 14.4 Å². The van der Waals surface area contributed by atoms with Crippen LogP contribution in [-0.2, 0) is 25.5 Å². The number of carbonyl (C=O) groups excluding carboxylic acids is 2. The number of H-pyrrole nitrogens is 1. The number of aryl methyl sites for hydroxylation is 1. The van der Waals surface area contributed by atoms with Crippen LogP contribution in [0.2, 0.25) is 0 Å². The van der Waals surface area contributed by atoms with Gasteiger partial charge in [-0.2, -0.15) is 5.10 Å². The number of hydrogen-bond donors (Lipinski definition) is 2. The lowest BCUT2D eigenvalue weighted by Crippen LogP contribution is -2.37. The largest absolute Gasteiger partial charge is 0.453 e. The third kappa shape index (κ3) is 5.09. The van der Waals surface area contributed by atoms with Crippen molar-refractivity contribution >= 4 is 22.9 Å². The molecule has 0 bridgehead atoms. The highest BCUT2D eigenvalue weighted by Crippen LogP contribution is 2.14. The summed E-state index contributed by atoms with van der Waals surface area (Å²) in [5.74, 6) is -0.636. The van der Waals surface area contributed by atoms with Crippen molar-refractivity contribution in [1.29, 1.82) is 0 Å². The van der Waals surface area contributed by atoms with Crippen molar-refractivity contribution in [3.05, 3.63) is 52.7 Å². The predicted octanol–water partition coefficient (Wildman–Crippen LogP) is 0.736.